The van der Waals surface area contributed by atoms with Crippen LogP contribution in [0.4, 0.5) is 5.69 Å². The van der Waals surface area contributed by atoms with E-state index in [0.29, 0.717) is 42.3 Å². The monoisotopic (exact) mass is 477 g/mol. The molecule has 7 nitrogen and oxygen atoms in total. The van der Waals surface area contributed by atoms with Gasteiger partial charge in [0.2, 0.25) is 0 Å². The molecule has 8 heteroatoms. The molecule has 0 saturated carbocycles. The van der Waals surface area contributed by atoms with Gasteiger partial charge in [0.15, 0.2) is 5.11 Å². The molecule has 3 rings (SSSR count). The Morgan fingerprint density at radius 3 is 1.94 bits per heavy atom. The molecule has 0 heterocycles. The summed E-state index contributed by atoms with van der Waals surface area (Å²) in [4.78, 5) is 24.4. The van der Waals surface area contributed by atoms with Crippen LogP contribution in [0.25, 0.3) is 0 Å². The molecular weight excluding hydrogens is 450 g/mol. The minimum absolute atomic E-state index is 0.125. The summed E-state index contributed by atoms with van der Waals surface area (Å²) in [5.74, 6) is 0.959. The molecule has 0 aromatic heterocycles. The van der Waals surface area contributed by atoms with Crippen molar-refractivity contribution in [1.29, 1.82) is 0 Å². The molecule has 0 spiro atoms. The molecule has 176 valence electrons. The third kappa shape index (κ3) is 7.90. The molecule has 0 atom stereocenters. The van der Waals surface area contributed by atoms with Gasteiger partial charge in [0.05, 0.1) is 0 Å². The number of ether oxygens (including phenoxy) is 2. The van der Waals surface area contributed by atoms with Gasteiger partial charge in [-0.1, -0.05) is 25.1 Å². The van der Waals surface area contributed by atoms with Crippen LogP contribution < -0.4 is 25.4 Å². The van der Waals surface area contributed by atoms with E-state index in [9.17, 15) is 9.59 Å². The molecule has 3 aromatic carbocycles. The van der Waals surface area contributed by atoms with Crippen molar-refractivity contribution in [3.63, 3.8) is 0 Å². The summed E-state index contributed by atoms with van der Waals surface area (Å²) in [5.41, 5.74) is 1.67. The zero-order valence-electron chi connectivity index (χ0n) is 18.9. The van der Waals surface area contributed by atoms with E-state index in [1.807, 2.05) is 37.3 Å². The van der Waals surface area contributed by atoms with Crippen molar-refractivity contribution in [1.82, 2.24) is 10.6 Å². The van der Waals surface area contributed by atoms with E-state index < -0.39 is 0 Å². The molecule has 0 saturated heterocycles. The molecule has 3 N–H and O–H groups in total. The Morgan fingerprint density at radius 1 is 0.765 bits per heavy atom. The standard InChI is InChI=1S/C26H27N3O4S/c1-2-16-27-24(30)19-8-12-21(13-9-19)28-26(34)29-25(31)20-10-14-23(15-11-20)33-18-17-32-22-6-4-3-5-7-22/h3-15H,2,16-18H2,1H3,(H,27,30)(H2,28,29,31,34). The van der Waals surface area contributed by atoms with Gasteiger partial charge < -0.3 is 20.1 Å². The third-order valence-electron chi connectivity index (χ3n) is 4.65. The van der Waals surface area contributed by atoms with Crippen LogP contribution in [0.5, 0.6) is 11.5 Å². The van der Waals surface area contributed by atoms with Gasteiger partial charge in [-0.25, -0.2) is 0 Å². The highest BCUT2D eigenvalue weighted by molar-refractivity contribution is 7.80. The number of carbonyl (C=O) groups is 2. The summed E-state index contributed by atoms with van der Waals surface area (Å²) in [6.07, 6.45) is 0.874. The van der Waals surface area contributed by atoms with Crippen LogP contribution in [0.15, 0.2) is 78.9 Å². The fourth-order valence-corrected chi connectivity index (χ4v) is 3.13. The van der Waals surface area contributed by atoms with Gasteiger partial charge in [0, 0.05) is 23.4 Å². The minimum Gasteiger partial charge on any atom is -0.490 e. The smallest absolute Gasteiger partial charge is 0.257 e. The fraction of sp³-hybridized carbons (Fsp3) is 0.192. The van der Waals surface area contributed by atoms with Crippen molar-refractivity contribution in [3.05, 3.63) is 90.0 Å². The van der Waals surface area contributed by atoms with Gasteiger partial charge in [-0.15, -0.1) is 0 Å². The number of anilines is 1. The van der Waals surface area contributed by atoms with Crippen molar-refractivity contribution >= 4 is 34.8 Å². The number of nitrogens with one attached hydrogen (secondary N) is 3. The average Bonchev–Trinajstić information content (AvgIpc) is 2.86. The SMILES string of the molecule is CCCNC(=O)c1ccc(NC(=S)NC(=O)c2ccc(OCCOc3ccccc3)cc2)cc1. The van der Waals surface area contributed by atoms with Crippen LogP contribution in [0, 0.1) is 0 Å². The van der Waals surface area contributed by atoms with Gasteiger partial charge in [-0.3, -0.25) is 14.9 Å². The largest absolute Gasteiger partial charge is 0.490 e. The van der Waals surface area contributed by atoms with Gasteiger partial charge in [0.1, 0.15) is 24.7 Å². The van der Waals surface area contributed by atoms with Crippen molar-refractivity contribution in [2.24, 2.45) is 0 Å². The highest BCUT2D eigenvalue weighted by atomic mass is 32.1. The highest BCUT2D eigenvalue weighted by Gasteiger charge is 2.09. The van der Waals surface area contributed by atoms with E-state index in [1.165, 1.54) is 0 Å². The second-order valence-electron chi connectivity index (χ2n) is 7.28. The first-order valence-corrected chi connectivity index (χ1v) is 11.4. The van der Waals surface area contributed by atoms with E-state index in [4.69, 9.17) is 21.7 Å². The number of hydrogen-bond acceptors (Lipinski definition) is 5. The van der Waals surface area contributed by atoms with Gasteiger partial charge in [-0.05, 0) is 79.3 Å². The van der Waals surface area contributed by atoms with Crippen LogP contribution in [0.2, 0.25) is 0 Å². The molecule has 0 aliphatic carbocycles. The molecule has 0 aliphatic heterocycles. The van der Waals surface area contributed by atoms with Crippen molar-refractivity contribution in [3.8, 4) is 11.5 Å². The summed E-state index contributed by atoms with van der Waals surface area (Å²) in [5, 5.41) is 8.56. The van der Waals surface area contributed by atoms with E-state index >= 15 is 0 Å². The third-order valence-corrected chi connectivity index (χ3v) is 4.85. The second kappa shape index (κ2) is 13.0. The molecule has 0 unspecified atom stereocenters. The lowest BCUT2D eigenvalue weighted by Crippen LogP contribution is -2.34. The molecule has 0 radical (unpaired) electrons. The maximum atomic E-state index is 12.5. The van der Waals surface area contributed by atoms with E-state index in [1.54, 1.807) is 48.5 Å². The Labute approximate surface area is 204 Å². The van der Waals surface area contributed by atoms with Crippen molar-refractivity contribution in [2.45, 2.75) is 13.3 Å². The first-order valence-electron chi connectivity index (χ1n) is 11.0. The number of rotatable bonds is 10. The van der Waals surface area contributed by atoms with E-state index in [2.05, 4.69) is 16.0 Å². The Bertz CT molecular complexity index is 1090. The van der Waals surface area contributed by atoms with Crippen LogP contribution in [-0.4, -0.2) is 36.7 Å². The summed E-state index contributed by atoms with van der Waals surface area (Å²) >= 11 is 5.23. The second-order valence-corrected chi connectivity index (χ2v) is 7.68. The summed E-state index contributed by atoms with van der Waals surface area (Å²) in [6.45, 7) is 3.42. The molecule has 0 aliphatic rings. The summed E-state index contributed by atoms with van der Waals surface area (Å²) < 4.78 is 11.2. The molecule has 2 amide bonds. The van der Waals surface area contributed by atoms with Crippen LogP contribution in [0.1, 0.15) is 34.1 Å². The fourth-order valence-electron chi connectivity index (χ4n) is 2.92. The van der Waals surface area contributed by atoms with Crippen molar-refractivity contribution in [2.75, 3.05) is 25.1 Å². The molecule has 0 bridgehead atoms. The Morgan fingerprint density at radius 2 is 1.32 bits per heavy atom. The van der Waals surface area contributed by atoms with Crippen LogP contribution in [0.3, 0.4) is 0 Å². The first kappa shape index (κ1) is 24.7. The lowest BCUT2D eigenvalue weighted by Gasteiger charge is -2.11. The Hall–Kier alpha value is -3.91. The molecule has 3 aromatic rings. The number of hydrogen-bond donors (Lipinski definition) is 3. The summed E-state index contributed by atoms with van der Waals surface area (Å²) in [6, 6.07) is 23.1. The Balaban J connectivity index is 1.42. The normalized spacial score (nSPS) is 10.1. The van der Waals surface area contributed by atoms with E-state index in [0.717, 1.165) is 12.2 Å². The van der Waals surface area contributed by atoms with Gasteiger partial charge in [-0.2, -0.15) is 0 Å². The predicted molar refractivity (Wildman–Crippen MR) is 137 cm³/mol. The quantitative estimate of drug-likeness (QED) is 0.296. The topological polar surface area (TPSA) is 88.7 Å². The lowest BCUT2D eigenvalue weighted by molar-refractivity contribution is 0.0951. The maximum Gasteiger partial charge on any atom is 0.257 e. The van der Waals surface area contributed by atoms with Crippen molar-refractivity contribution < 1.29 is 19.1 Å². The average molecular weight is 478 g/mol. The van der Waals surface area contributed by atoms with E-state index in [-0.39, 0.29) is 16.9 Å². The number of carbonyl (C=O) groups excluding carboxylic acids is 2. The zero-order valence-corrected chi connectivity index (χ0v) is 19.7. The number of thiocarbonyl (C=S) groups is 1. The van der Waals surface area contributed by atoms with Crippen LogP contribution in [-0.2, 0) is 0 Å². The lowest BCUT2D eigenvalue weighted by atomic mass is 10.2. The van der Waals surface area contributed by atoms with Gasteiger partial charge in [0.25, 0.3) is 11.8 Å². The minimum atomic E-state index is -0.341. The molecular formula is C26H27N3O4S. The molecule has 34 heavy (non-hydrogen) atoms. The van der Waals surface area contributed by atoms with Gasteiger partial charge >= 0.3 is 0 Å². The maximum absolute atomic E-state index is 12.5. The number of para-hydroxylation sites is 1. The summed E-state index contributed by atoms with van der Waals surface area (Å²) in [7, 11) is 0. The number of amides is 2. The number of benzene rings is 3. The first-order chi connectivity index (χ1) is 16.5. The van der Waals surface area contributed by atoms with Crippen LogP contribution >= 0.6 is 12.2 Å². The zero-order chi connectivity index (χ0) is 24.2. The molecule has 0 fully saturated rings. The highest BCUT2D eigenvalue weighted by Crippen LogP contribution is 2.14. The predicted octanol–water partition coefficient (Wildman–Crippen LogP) is 4.41. The Kier molecular flexibility index (Phi) is 9.42.